The molecule has 0 amide bonds. The first kappa shape index (κ1) is 8.68. The monoisotopic (exact) mass is 144 g/mol. The molecule has 0 bridgehead atoms. The van der Waals surface area contributed by atoms with Crippen LogP contribution in [-0.4, -0.2) is 24.2 Å². The molecule has 1 N–H and O–H groups in total. The summed E-state index contributed by atoms with van der Waals surface area (Å²) in [6.07, 6.45) is 2.15. The molecule has 56 valence electrons. The molecule has 0 aromatic rings. The van der Waals surface area contributed by atoms with Crippen molar-refractivity contribution in [3.63, 3.8) is 0 Å². The highest BCUT2D eigenvalue weighted by Crippen LogP contribution is 1.83. The van der Waals surface area contributed by atoms with Crippen molar-refractivity contribution in [1.82, 2.24) is 0 Å². The van der Waals surface area contributed by atoms with Crippen molar-refractivity contribution in [2.24, 2.45) is 0 Å². The van der Waals surface area contributed by atoms with Crippen LogP contribution >= 0.6 is 0 Å². The molecule has 0 aromatic heterocycles. The molecule has 0 aliphatic rings. The van der Waals surface area contributed by atoms with E-state index in [-0.39, 0.29) is 6.42 Å². The molecule has 0 radical (unpaired) electrons. The van der Waals surface area contributed by atoms with Gasteiger partial charge < -0.3 is 9.84 Å². The second-order valence-electron chi connectivity index (χ2n) is 1.52. The van der Waals surface area contributed by atoms with Crippen LogP contribution in [0.5, 0.6) is 0 Å². The highest BCUT2D eigenvalue weighted by molar-refractivity contribution is 5.82. The summed E-state index contributed by atoms with van der Waals surface area (Å²) < 4.78 is 4.21. The number of hydrogen-bond donors (Lipinski definition) is 1. The van der Waals surface area contributed by atoms with Crippen molar-refractivity contribution in [2.75, 3.05) is 7.11 Å². The van der Waals surface area contributed by atoms with E-state index in [1.165, 1.54) is 13.2 Å². The number of methoxy groups -OCH3 is 1. The molecule has 0 saturated heterocycles. The van der Waals surface area contributed by atoms with E-state index in [2.05, 4.69) is 4.74 Å². The number of ether oxygens (including phenoxy) is 1. The largest absolute Gasteiger partial charge is 0.481 e. The third kappa shape index (κ3) is 4.83. The summed E-state index contributed by atoms with van der Waals surface area (Å²) >= 11 is 0. The Morgan fingerprint density at radius 2 is 2.20 bits per heavy atom. The van der Waals surface area contributed by atoms with E-state index in [1.54, 1.807) is 0 Å². The standard InChI is InChI=1S/C6H8O4/c1-10-6(9)4-2-3-5(7)8/h2,4H,3H2,1H3,(H,7,8)/b4-2-. The third-order valence-electron chi connectivity index (χ3n) is 0.748. The van der Waals surface area contributed by atoms with Crippen molar-refractivity contribution >= 4 is 11.9 Å². The fraction of sp³-hybridized carbons (Fsp3) is 0.333. The predicted octanol–water partition coefficient (Wildman–Crippen LogP) is 0.190. The van der Waals surface area contributed by atoms with E-state index < -0.39 is 11.9 Å². The van der Waals surface area contributed by atoms with Crippen molar-refractivity contribution in [2.45, 2.75) is 6.42 Å². The van der Waals surface area contributed by atoms with Crippen molar-refractivity contribution in [3.8, 4) is 0 Å². The molecule has 0 saturated carbocycles. The minimum atomic E-state index is -0.972. The first-order chi connectivity index (χ1) is 4.66. The molecule has 4 heteroatoms. The van der Waals surface area contributed by atoms with Crippen LogP contribution in [0.3, 0.4) is 0 Å². The molecule has 0 rings (SSSR count). The zero-order valence-corrected chi connectivity index (χ0v) is 5.53. The Kier molecular flexibility index (Phi) is 3.95. The SMILES string of the molecule is COC(=O)/C=C\CC(=O)O. The van der Waals surface area contributed by atoms with E-state index in [4.69, 9.17) is 5.11 Å². The van der Waals surface area contributed by atoms with Crippen LogP contribution < -0.4 is 0 Å². The Hall–Kier alpha value is -1.32. The maximum absolute atomic E-state index is 10.3. The lowest BCUT2D eigenvalue weighted by Crippen LogP contribution is -1.95. The molecular weight excluding hydrogens is 136 g/mol. The van der Waals surface area contributed by atoms with E-state index in [1.807, 2.05) is 0 Å². The minimum Gasteiger partial charge on any atom is -0.481 e. The second-order valence-corrected chi connectivity index (χ2v) is 1.52. The van der Waals surface area contributed by atoms with Gasteiger partial charge in [0.05, 0.1) is 13.5 Å². The number of carbonyl (C=O) groups is 2. The van der Waals surface area contributed by atoms with Crippen LogP contribution in [0.15, 0.2) is 12.2 Å². The van der Waals surface area contributed by atoms with E-state index in [0.29, 0.717) is 0 Å². The molecular formula is C6H8O4. The van der Waals surface area contributed by atoms with Crippen LogP contribution in [0.1, 0.15) is 6.42 Å². The molecule has 0 aliphatic carbocycles. The molecule has 0 heterocycles. The molecule has 0 atom stereocenters. The topological polar surface area (TPSA) is 63.6 Å². The Morgan fingerprint density at radius 3 is 2.60 bits per heavy atom. The Labute approximate surface area is 58.1 Å². The van der Waals surface area contributed by atoms with Gasteiger partial charge in [-0.25, -0.2) is 4.79 Å². The Balaban J connectivity index is 3.56. The summed E-state index contributed by atoms with van der Waals surface area (Å²) in [6, 6.07) is 0. The second kappa shape index (κ2) is 4.55. The smallest absolute Gasteiger partial charge is 0.330 e. The van der Waals surface area contributed by atoms with Gasteiger partial charge in [0.25, 0.3) is 0 Å². The van der Waals surface area contributed by atoms with Crippen LogP contribution in [0.2, 0.25) is 0 Å². The van der Waals surface area contributed by atoms with Gasteiger partial charge >= 0.3 is 11.9 Å². The van der Waals surface area contributed by atoms with Gasteiger partial charge in [0.1, 0.15) is 0 Å². The number of hydrogen-bond acceptors (Lipinski definition) is 3. The fourth-order valence-corrected chi connectivity index (χ4v) is 0.324. The third-order valence-corrected chi connectivity index (χ3v) is 0.748. The first-order valence-electron chi connectivity index (χ1n) is 2.63. The molecule has 0 aromatic carbocycles. The van der Waals surface area contributed by atoms with E-state index in [0.717, 1.165) is 6.08 Å². The maximum atomic E-state index is 10.3. The number of aliphatic carboxylic acids is 1. The van der Waals surface area contributed by atoms with Gasteiger partial charge in [-0.15, -0.1) is 0 Å². The summed E-state index contributed by atoms with van der Waals surface area (Å²) in [4.78, 5) is 20.2. The molecule has 0 fully saturated rings. The summed E-state index contributed by atoms with van der Waals surface area (Å²) in [7, 11) is 1.23. The minimum absolute atomic E-state index is 0.158. The van der Waals surface area contributed by atoms with Crippen molar-refractivity contribution < 1.29 is 19.4 Å². The van der Waals surface area contributed by atoms with E-state index >= 15 is 0 Å². The van der Waals surface area contributed by atoms with Gasteiger partial charge in [0.2, 0.25) is 0 Å². The quantitative estimate of drug-likeness (QED) is 0.453. The van der Waals surface area contributed by atoms with Gasteiger partial charge in [-0.05, 0) is 0 Å². The van der Waals surface area contributed by atoms with Gasteiger partial charge in [-0.2, -0.15) is 0 Å². The molecule has 0 spiro atoms. The lowest BCUT2D eigenvalue weighted by molar-refractivity contribution is -0.136. The molecule has 0 aliphatic heterocycles. The van der Waals surface area contributed by atoms with Crippen molar-refractivity contribution in [3.05, 3.63) is 12.2 Å². The highest BCUT2D eigenvalue weighted by Gasteiger charge is 1.92. The Bertz CT molecular complexity index is 159. The van der Waals surface area contributed by atoms with Gasteiger partial charge in [0.15, 0.2) is 0 Å². The average Bonchev–Trinajstić information content (AvgIpc) is 1.87. The Morgan fingerprint density at radius 1 is 1.60 bits per heavy atom. The number of carboxylic acids is 1. The summed E-state index contributed by atoms with van der Waals surface area (Å²) in [5.41, 5.74) is 0. The van der Waals surface area contributed by atoms with Crippen molar-refractivity contribution in [1.29, 1.82) is 0 Å². The fourth-order valence-electron chi connectivity index (χ4n) is 0.324. The number of esters is 1. The van der Waals surface area contributed by atoms with Gasteiger partial charge in [-0.3, -0.25) is 4.79 Å². The normalized spacial score (nSPS) is 9.70. The summed E-state index contributed by atoms with van der Waals surface area (Å²) in [5.74, 6) is -1.51. The first-order valence-corrected chi connectivity index (χ1v) is 2.63. The van der Waals surface area contributed by atoms with Crippen LogP contribution in [-0.2, 0) is 14.3 Å². The van der Waals surface area contributed by atoms with E-state index in [9.17, 15) is 9.59 Å². The lowest BCUT2D eigenvalue weighted by atomic mass is 10.4. The lowest BCUT2D eigenvalue weighted by Gasteiger charge is -1.87. The highest BCUT2D eigenvalue weighted by atomic mass is 16.5. The predicted molar refractivity (Wildman–Crippen MR) is 33.4 cm³/mol. The van der Waals surface area contributed by atoms with Crippen LogP contribution in [0.25, 0.3) is 0 Å². The van der Waals surface area contributed by atoms with Gasteiger partial charge in [-0.1, -0.05) is 6.08 Å². The molecule has 0 unspecified atom stereocenters. The molecule has 10 heavy (non-hydrogen) atoms. The van der Waals surface area contributed by atoms with Crippen LogP contribution in [0, 0.1) is 0 Å². The summed E-state index contributed by atoms with van der Waals surface area (Å²) in [6.45, 7) is 0. The zero-order chi connectivity index (χ0) is 7.98. The summed E-state index contributed by atoms with van der Waals surface area (Å²) in [5, 5.41) is 8.10. The van der Waals surface area contributed by atoms with Gasteiger partial charge in [0, 0.05) is 6.08 Å². The average molecular weight is 144 g/mol. The maximum Gasteiger partial charge on any atom is 0.330 e. The number of rotatable bonds is 3. The van der Waals surface area contributed by atoms with Crippen LogP contribution in [0.4, 0.5) is 0 Å². The molecule has 4 nitrogen and oxygen atoms in total. The number of carboxylic acid groups (broad SMARTS) is 1. The number of carbonyl (C=O) groups excluding carboxylic acids is 1. The zero-order valence-electron chi connectivity index (χ0n) is 5.53.